The fraction of sp³-hybridized carbons (Fsp3) is 0.625. The molecule has 3 heterocycles. The molecule has 0 aromatic heterocycles. The Labute approximate surface area is 204 Å². The predicted octanol–water partition coefficient (Wildman–Crippen LogP) is 3.38. The lowest BCUT2D eigenvalue weighted by Gasteiger charge is -2.43. The Morgan fingerprint density at radius 1 is 1.11 bits per heavy atom. The highest BCUT2D eigenvalue weighted by Gasteiger charge is 2.52. The minimum absolute atomic E-state index is 0.0925. The number of nitrogens with zero attached hydrogens (tertiary/aromatic N) is 1. The van der Waals surface area contributed by atoms with E-state index in [0.717, 1.165) is 30.9 Å². The molecule has 0 bridgehead atoms. The van der Waals surface area contributed by atoms with E-state index in [9.17, 15) is 23.2 Å². The standard InChI is InChI=1S/C24H30F2N2O6S/c1-14-17(6-11-35(14)33-21(29)13-19(22(27)30)23(31)34-35)18-12-20(18)28(16-4-9-32-10-5-16)15-2-7-24(25,26)8-3-15/h6,11,13,15-16,18,20H,2-5,7-10,12H2,1H3,(H2,27,30)/t18-,20+/m0/s1. The molecule has 1 saturated heterocycles. The van der Waals surface area contributed by atoms with Gasteiger partial charge in [0.05, 0.1) is 4.91 Å². The molecular formula is C24H30F2N2O6S. The number of allylic oxidation sites excluding steroid dienone is 2. The van der Waals surface area contributed by atoms with Crippen molar-refractivity contribution in [3.8, 4) is 0 Å². The van der Waals surface area contributed by atoms with E-state index in [1.165, 1.54) is 0 Å². The summed E-state index contributed by atoms with van der Waals surface area (Å²) in [6.07, 6.45) is 5.95. The lowest BCUT2D eigenvalue weighted by molar-refractivity contribution is -0.131. The van der Waals surface area contributed by atoms with Crippen molar-refractivity contribution in [1.29, 1.82) is 0 Å². The molecule has 0 aromatic rings. The number of halogens is 2. The first-order valence-electron chi connectivity index (χ1n) is 12.0. The number of carbonyl (C=O) groups excluding carboxylic acids is 3. The fourth-order valence-corrected chi connectivity index (χ4v) is 7.85. The van der Waals surface area contributed by atoms with Gasteiger partial charge in [-0.2, -0.15) is 0 Å². The number of primary amides is 1. The monoisotopic (exact) mass is 512 g/mol. The van der Waals surface area contributed by atoms with Gasteiger partial charge in [0, 0.05) is 61.6 Å². The van der Waals surface area contributed by atoms with Crippen LogP contribution in [-0.2, 0) is 27.5 Å². The molecule has 11 heteroatoms. The lowest BCUT2D eigenvalue weighted by Crippen LogP contribution is -2.50. The summed E-state index contributed by atoms with van der Waals surface area (Å²) >= 11 is 0. The third-order valence-corrected chi connectivity index (χ3v) is 10.1. The summed E-state index contributed by atoms with van der Waals surface area (Å²) in [6.45, 7) is 3.10. The summed E-state index contributed by atoms with van der Waals surface area (Å²) in [5.74, 6) is -5.37. The van der Waals surface area contributed by atoms with Crippen molar-refractivity contribution in [3.63, 3.8) is 0 Å². The first kappa shape index (κ1) is 24.5. The fourth-order valence-electron chi connectivity index (χ4n) is 5.77. The van der Waals surface area contributed by atoms with Gasteiger partial charge in [-0.25, -0.2) is 18.4 Å². The van der Waals surface area contributed by atoms with Gasteiger partial charge in [0.15, 0.2) is 0 Å². The number of alkyl halides is 2. The van der Waals surface area contributed by atoms with Crippen molar-refractivity contribution < 1.29 is 36.3 Å². The second-order valence-electron chi connectivity index (χ2n) is 9.84. The molecule has 0 radical (unpaired) electrons. The second kappa shape index (κ2) is 9.01. The van der Waals surface area contributed by atoms with E-state index in [4.69, 9.17) is 18.8 Å². The number of amides is 1. The van der Waals surface area contributed by atoms with Crippen LogP contribution in [0.1, 0.15) is 51.9 Å². The van der Waals surface area contributed by atoms with Crippen LogP contribution in [0.2, 0.25) is 0 Å². The molecule has 2 aliphatic carbocycles. The first-order valence-corrected chi connectivity index (χ1v) is 13.6. The normalized spacial score (nSPS) is 35.4. The highest BCUT2D eigenvalue weighted by atomic mass is 32.3. The van der Waals surface area contributed by atoms with Crippen LogP contribution < -0.4 is 5.73 Å². The lowest BCUT2D eigenvalue weighted by atomic mass is 9.89. The molecule has 8 nitrogen and oxygen atoms in total. The zero-order valence-electron chi connectivity index (χ0n) is 19.5. The van der Waals surface area contributed by atoms with Gasteiger partial charge in [0.1, 0.15) is 5.57 Å². The number of hydrogen-bond donors (Lipinski definition) is 1. The van der Waals surface area contributed by atoms with Gasteiger partial charge in [-0.1, -0.05) is 10.6 Å². The molecule has 3 aliphatic heterocycles. The third-order valence-electron chi connectivity index (χ3n) is 7.67. The zero-order chi connectivity index (χ0) is 25.0. The van der Waals surface area contributed by atoms with E-state index in [-0.39, 0.29) is 36.9 Å². The maximum atomic E-state index is 13.9. The molecular weight excluding hydrogens is 482 g/mol. The Morgan fingerprint density at radius 2 is 1.77 bits per heavy atom. The number of rotatable bonds is 5. The van der Waals surface area contributed by atoms with Crippen molar-refractivity contribution in [2.75, 3.05) is 13.2 Å². The van der Waals surface area contributed by atoms with Crippen LogP contribution in [0.3, 0.4) is 0 Å². The quantitative estimate of drug-likeness (QED) is 0.563. The summed E-state index contributed by atoms with van der Waals surface area (Å²) in [5.41, 5.74) is 5.60. The van der Waals surface area contributed by atoms with Gasteiger partial charge < -0.3 is 18.8 Å². The van der Waals surface area contributed by atoms with E-state index >= 15 is 0 Å². The molecule has 192 valence electrons. The summed E-state index contributed by atoms with van der Waals surface area (Å²) in [4.78, 5) is 39.5. The van der Waals surface area contributed by atoms with Crippen LogP contribution >= 0.6 is 10.6 Å². The molecule has 3 fully saturated rings. The summed E-state index contributed by atoms with van der Waals surface area (Å²) < 4.78 is 44.4. The van der Waals surface area contributed by atoms with Gasteiger partial charge in [0.25, 0.3) is 5.91 Å². The number of hydrogen-bond acceptors (Lipinski definition) is 7. The van der Waals surface area contributed by atoms with Gasteiger partial charge in [-0.15, -0.1) is 0 Å². The first-order chi connectivity index (χ1) is 16.6. The zero-order valence-corrected chi connectivity index (χ0v) is 20.4. The molecule has 5 rings (SSSR count). The van der Waals surface area contributed by atoms with Gasteiger partial charge in [0.2, 0.25) is 5.92 Å². The minimum atomic E-state index is -2.81. The molecule has 1 unspecified atom stereocenters. The molecule has 35 heavy (non-hydrogen) atoms. The maximum Gasteiger partial charge on any atom is 0.367 e. The maximum absolute atomic E-state index is 13.9. The average Bonchev–Trinajstić information content (AvgIpc) is 3.54. The molecule has 2 N–H and O–H groups in total. The molecule has 3 atom stereocenters. The minimum Gasteiger partial charge on any atom is -0.381 e. The Bertz CT molecular complexity index is 1030. The average molecular weight is 513 g/mol. The number of nitrogens with two attached hydrogens (primary N) is 1. The summed E-state index contributed by atoms with van der Waals surface area (Å²) in [7, 11) is -2.81. The van der Waals surface area contributed by atoms with Crippen LogP contribution in [0.25, 0.3) is 0 Å². The highest BCUT2D eigenvalue weighted by Crippen LogP contribution is 2.67. The Hall–Kier alpha value is -2.24. The second-order valence-corrected chi connectivity index (χ2v) is 12.2. The van der Waals surface area contributed by atoms with Crippen LogP contribution in [-0.4, -0.2) is 60.0 Å². The van der Waals surface area contributed by atoms with Crippen molar-refractivity contribution in [2.24, 2.45) is 11.7 Å². The van der Waals surface area contributed by atoms with Gasteiger partial charge >= 0.3 is 11.9 Å². The molecule has 1 spiro atoms. The van der Waals surface area contributed by atoms with Crippen LogP contribution in [0.5, 0.6) is 0 Å². The van der Waals surface area contributed by atoms with Crippen LogP contribution in [0.15, 0.2) is 33.6 Å². The largest absolute Gasteiger partial charge is 0.381 e. The SMILES string of the molecule is CC1=C([C@@H]2C[C@H]2N(C2CCOCC2)C2CCC(F)(F)CC2)C=CS12OC(=O)C=C(C(N)=O)C(=O)O2. The highest BCUT2D eigenvalue weighted by molar-refractivity contribution is 8.32. The van der Waals surface area contributed by atoms with Crippen molar-refractivity contribution in [2.45, 2.75) is 75.9 Å². The number of carbonyl (C=O) groups is 3. The van der Waals surface area contributed by atoms with E-state index in [2.05, 4.69) is 4.90 Å². The van der Waals surface area contributed by atoms with Gasteiger partial charge in [-0.3, -0.25) is 9.69 Å². The Kier molecular flexibility index (Phi) is 6.29. The van der Waals surface area contributed by atoms with Crippen molar-refractivity contribution in [3.05, 3.63) is 33.6 Å². The predicted molar refractivity (Wildman–Crippen MR) is 124 cm³/mol. The Morgan fingerprint density at radius 3 is 2.43 bits per heavy atom. The summed E-state index contributed by atoms with van der Waals surface area (Å²) in [5, 5.41) is 1.60. The van der Waals surface area contributed by atoms with Crippen molar-refractivity contribution >= 4 is 28.4 Å². The van der Waals surface area contributed by atoms with Crippen molar-refractivity contribution in [1.82, 2.24) is 4.90 Å². The smallest absolute Gasteiger partial charge is 0.367 e. The van der Waals surface area contributed by atoms with Gasteiger partial charge in [-0.05, 0) is 50.7 Å². The third kappa shape index (κ3) is 4.65. The van der Waals surface area contributed by atoms with Crippen LogP contribution in [0, 0.1) is 5.92 Å². The topological polar surface area (TPSA) is 108 Å². The van der Waals surface area contributed by atoms with E-state index < -0.39 is 39.9 Å². The van der Waals surface area contributed by atoms with Crippen LogP contribution in [0.4, 0.5) is 8.78 Å². The molecule has 2 saturated carbocycles. The molecule has 5 aliphatic rings. The van der Waals surface area contributed by atoms with E-state index in [1.807, 2.05) is 6.08 Å². The Balaban J connectivity index is 1.37. The van der Waals surface area contributed by atoms with E-state index in [1.54, 1.807) is 12.3 Å². The molecule has 1 amide bonds. The van der Waals surface area contributed by atoms with E-state index in [0.29, 0.717) is 31.0 Å². The summed E-state index contributed by atoms with van der Waals surface area (Å²) in [6, 6.07) is 0.547. The molecule has 0 aromatic carbocycles. The number of ether oxygens (including phenoxy) is 1.